The molecule has 0 spiro atoms. The summed E-state index contributed by atoms with van der Waals surface area (Å²) < 4.78 is 2.05. The number of nitrogens with one attached hydrogen (secondary N) is 2. The molecule has 5 nitrogen and oxygen atoms in total. The highest BCUT2D eigenvalue weighted by Crippen LogP contribution is 2.09. The number of hydrogen-bond donors (Lipinski definition) is 2. The number of rotatable bonds is 6. The fraction of sp³-hybridized carbons (Fsp3) is 0.200. The van der Waals surface area contributed by atoms with Gasteiger partial charge in [0.05, 0.1) is 6.33 Å². The summed E-state index contributed by atoms with van der Waals surface area (Å²) in [5, 5.41) is 7.40. The molecule has 0 radical (unpaired) electrons. The molecule has 2 N–H and O–H groups in total. The molecule has 134 valence electrons. The highest BCUT2D eigenvalue weighted by Gasteiger charge is 2.01. The Hall–Kier alpha value is -2.79. The van der Waals surface area contributed by atoms with Crippen molar-refractivity contribution in [3.8, 4) is 0 Å². The first-order chi connectivity index (χ1) is 12.7. The van der Waals surface area contributed by atoms with E-state index in [0.717, 1.165) is 23.1 Å². The minimum atomic E-state index is 0.692. The van der Waals surface area contributed by atoms with Crippen molar-refractivity contribution in [2.75, 3.05) is 7.05 Å². The summed E-state index contributed by atoms with van der Waals surface area (Å²) in [6.45, 7) is 2.22. The van der Waals surface area contributed by atoms with Crippen LogP contribution in [0.15, 0.2) is 72.2 Å². The summed E-state index contributed by atoms with van der Waals surface area (Å²) in [7, 11) is 1.77. The van der Waals surface area contributed by atoms with Crippen molar-refractivity contribution in [1.82, 2.24) is 20.2 Å². The fourth-order valence-electron chi connectivity index (χ4n) is 2.62. The largest absolute Gasteiger partial charge is 0.352 e. The van der Waals surface area contributed by atoms with Crippen LogP contribution in [0.4, 0.5) is 0 Å². The van der Waals surface area contributed by atoms with Crippen LogP contribution in [0.25, 0.3) is 0 Å². The molecule has 0 aliphatic rings. The van der Waals surface area contributed by atoms with E-state index in [0.29, 0.717) is 13.1 Å². The molecule has 0 unspecified atom stereocenters. The lowest BCUT2D eigenvalue weighted by atomic mass is 10.1. The van der Waals surface area contributed by atoms with Gasteiger partial charge in [0.25, 0.3) is 0 Å². The van der Waals surface area contributed by atoms with Crippen molar-refractivity contribution in [2.45, 2.75) is 19.6 Å². The third kappa shape index (κ3) is 5.36. The number of guanidine groups is 1. The zero-order valence-electron chi connectivity index (χ0n) is 14.7. The molecule has 0 saturated heterocycles. The number of imidazole rings is 1. The molecule has 0 atom stereocenters. The second kappa shape index (κ2) is 9.06. The molecule has 1 aromatic heterocycles. The van der Waals surface area contributed by atoms with E-state index in [9.17, 15) is 0 Å². The van der Waals surface area contributed by atoms with Crippen LogP contribution < -0.4 is 10.6 Å². The second-order valence-corrected chi connectivity index (χ2v) is 6.40. The Bertz CT molecular complexity index is 841. The highest BCUT2D eigenvalue weighted by atomic mass is 35.5. The number of benzene rings is 2. The van der Waals surface area contributed by atoms with Crippen molar-refractivity contribution in [2.24, 2.45) is 4.99 Å². The second-order valence-electron chi connectivity index (χ2n) is 5.96. The summed E-state index contributed by atoms with van der Waals surface area (Å²) in [6, 6.07) is 16.3. The van der Waals surface area contributed by atoms with Crippen LogP contribution in [0.5, 0.6) is 0 Å². The molecular formula is C20H22ClN5. The molecule has 3 rings (SSSR count). The Kier molecular flexibility index (Phi) is 6.28. The van der Waals surface area contributed by atoms with Crippen molar-refractivity contribution < 1.29 is 0 Å². The third-order valence-corrected chi connectivity index (χ3v) is 4.22. The summed E-state index contributed by atoms with van der Waals surface area (Å²) in [5.74, 6) is 0.764. The number of aromatic nitrogens is 2. The number of hydrogen-bond acceptors (Lipinski definition) is 2. The van der Waals surface area contributed by atoms with Crippen molar-refractivity contribution >= 4 is 17.6 Å². The van der Waals surface area contributed by atoms with E-state index in [1.54, 1.807) is 13.2 Å². The summed E-state index contributed by atoms with van der Waals surface area (Å²) in [6.07, 6.45) is 5.59. The van der Waals surface area contributed by atoms with E-state index >= 15 is 0 Å². The van der Waals surface area contributed by atoms with Crippen molar-refractivity contribution in [1.29, 1.82) is 0 Å². The molecule has 0 aliphatic heterocycles. The quantitative estimate of drug-likeness (QED) is 0.518. The lowest BCUT2D eigenvalue weighted by molar-refractivity contribution is 0.787. The van der Waals surface area contributed by atoms with Crippen LogP contribution in [0.3, 0.4) is 0 Å². The average molecular weight is 368 g/mol. The topological polar surface area (TPSA) is 54.2 Å². The van der Waals surface area contributed by atoms with Gasteiger partial charge in [-0.05, 0) is 28.8 Å². The Morgan fingerprint density at radius 2 is 1.77 bits per heavy atom. The van der Waals surface area contributed by atoms with Gasteiger partial charge >= 0.3 is 0 Å². The lowest BCUT2D eigenvalue weighted by Gasteiger charge is -2.13. The van der Waals surface area contributed by atoms with Gasteiger partial charge in [0.15, 0.2) is 5.96 Å². The van der Waals surface area contributed by atoms with E-state index < -0.39 is 0 Å². The van der Waals surface area contributed by atoms with Crippen LogP contribution in [-0.4, -0.2) is 22.6 Å². The molecule has 6 heteroatoms. The molecule has 0 saturated carbocycles. The Labute approximate surface area is 158 Å². The van der Waals surface area contributed by atoms with E-state index in [1.165, 1.54) is 11.1 Å². The van der Waals surface area contributed by atoms with Crippen molar-refractivity contribution in [3.05, 3.63) is 89.0 Å². The maximum Gasteiger partial charge on any atom is 0.191 e. The monoisotopic (exact) mass is 367 g/mol. The molecule has 3 aromatic rings. The van der Waals surface area contributed by atoms with E-state index in [1.807, 2.05) is 36.8 Å². The SMILES string of the molecule is CN=C(NCc1ccc(Cl)cc1)NCc1cccc(Cn2ccnc2)c1. The Morgan fingerprint density at radius 1 is 1.04 bits per heavy atom. The fourth-order valence-corrected chi connectivity index (χ4v) is 2.75. The minimum absolute atomic E-state index is 0.692. The smallest absolute Gasteiger partial charge is 0.191 e. The van der Waals surface area contributed by atoms with Crippen molar-refractivity contribution in [3.63, 3.8) is 0 Å². The first kappa shape index (κ1) is 18.0. The maximum atomic E-state index is 5.92. The average Bonchev–Trinajstić information content (AvgIpc) is 3.16. The third-order valence-electron chi connectivity index (χ3n) is 3.97. The van der Waals surface area contributed by atoms with Crippen LogP contribution >= 0.6 is 11.6 Å². The lowest BCUT2D eigenvalue weighted by Crippen LogP contribution is -2.36. The number of halogens is 1. The van der Waals surface area contributed by atoms with Gasteiger partial charge in [-0.1, -0.05) is 48.0 Å². The molecule has 0 aliphatic carbocycles. The molecule has 0 fully saturated rings. The molecule has 26 heavy (non-hydrogen) atoms. The zero-order valence-corrected chi connectivity index (χ0v) is 15.4. The van der Waals surface area contributed by atoms with E-state index in [4.69, 9.17) is 11.6 Å². The van der Waals surface area contributed by atoms with Crippen LogP contribution in [0.2, 0.25) is 5.02 Å². The first-order valence-electron chi connectivity index (χ1n) is 8.45. The minimum Gasteiger partial charge on any atom is -0.352 e. The van der Waals surface area contributed by atoms with Crippen LogP contribution in [0.1, 0.15) is 16.7 Å². The van der Waals surface area contributed by atoms with Gasteiger partial charge in [-0.15, -0.1) is 0 Å². The van der Waals surface area contributed by atoms with Gasteiger partial charge in [0, 0.05) is 44.1 Å². The van der Waals surface area contributed by atoms with E-state index in [-0.39, 0.29) is 0 Å². The summed E-state index contributed by atoms with van der Waals surface area (Å²) in [5.41, 5.74) is 3.60. The zero-order chi connectivity index (χ0) is 18.2. The van der Waals surface area contributed by atoms with Gasteiger partial charge in [-0.2, -0.15) is 0 Å². The molecule has 1 heterocycles. The summed E-state index contributed by atoms with van der Waals surface area (Å²) >= 11 is 5.92. The number of aliphatic imine (C=N–C) groups is 1. The molecule has 0 bridgehead atoms. The number of nitrogens with zero attached hydrogens (tertiary/aromatic N) is 3. The van der Waals surface area contributed by atoms with Gasteiger partial charge < -0.3 is 15.2 Å². The molecule has 0 amide bonds. The standard InChI is InChI=1S/C20H22ClN5/c1-22-20(24-12-16-5-7-19(21)8-6-16)25-13-17-3-2-4-18(11-17)14-26-10-9-23-15-26/h2-11,15H,12-14H2,1H3,(H2,22,24,25). The van der Waals surface area contributed by atoms with Gasteiger partial charge in [0.1, 0.15) is 0 Å². The van der Waals surface area contributed by atoms with Gasteiger partial charge in [-0.3, -0.25) is 4.99 Å². The highest BCUT2D eigenvalue weighted by molar-refractivity contribution is 6.30. The maximum absolute atomic E-state index is 5.92. The van der Waals surface area contributed by atoms with Gasteiger partial charge in [0.2, 0.25) is 0 Å². The first-order valence-corrected chi connectivity index (χ1v) is 8.83. The van der Waals surface area contributed by atoms with E-state index in [2.05, 4.69) is 49.4 Å². The predicted molar refractivity (Wildman–Crippen MR) is 106 cm³/mol. The van der Waals surface area contributed by atoms with Gasteiger partial charge in [-0.25, -0.2) is 4.98 Å². The Balaban J connectivity index is 1.52. The van der Waals surface area contributed by atoms with Crippen LogP contribution in [0, 0.1) is 0 Å². The van der Waals surface area contributed by atoms with Crippen LogP contribution in [-0.2, 0) is 19.6 Å². The summed E-state index contributed by atoms with van der Waals surface area (Å²) in [4.78, 5) is 8.36. The Morgan fingerprint density at radius 3 is 2.46 bits per heavy atom. The normalized spacial score (nSPS) is 11.4. The molecular weight excluding hydrogens is 346 g/mol. The molecule has 2 aromatic carbocycles. The predicted octanol–water partition coefficient (Wildman–Crippen LogP) is 3.45.